The second kappa shape index (κ2) is 20.0. The molecule has 2 aliphatic heterocycles. The summed E-state index contributed by atoms with van der Waals surface area (Å²) in [6, 6.07) is 0. The second-order valence-electron chi connectivity index (χ2n) is 8.70. The van der Waals surface area contributed by atoms with Crippen LogP contribution in [-0.2, 0) is 18.9 Å². The topological polar surface area (TPSA) is 158 Å². The Kier molecular flexibility index (Phi) is 19.4. The van der Waals surface area contributed by atoms with E-state index in [9.17, 15) is 30.6 Å². The van der Waals surface area contributed by atoms with Crippen molar-refractivity contribution in [1.29, 1.82) is 0 Å². The Morgan fingerprint density at radius 1 is 0.472 bits per heavy atom. The minimum Gasteiger partial charge on any atom is -0.388 e. The van der Waals surface area contributed by atoms with Crippen molar-refractivity contribution in [3.05, 3.63) is 0 Å². The van der Waals surface area contributed by atoms with Crippen molar-refractivity contribution in [2.75, 3.05) is 36.2 Å². The molecule has 2 fully saturated rings. The van der Waals surface area contributed by atoms with E-state index in [4.69, 9.17) is 18.9 Å². The van der Waals surface area contributed by atoms with Crippen LogP contribution < -0.4 is 0 Å². The summed E-state index contributed by atoms with van der Waals surface area (Å²) in [5.74, 6) is 2.19. The summed E-state index contributed by atoms with van der Waals surface area (Å²) in [5, 5.41) is 58.0. The Morgan fingerprint density at radius 3 is 1.14 bits per heavy atom. The van der Waals surface area contributed by atoms with Crippen LogP contribution in [0.25, 0.3) is 0 Å². The number of aliphatic hydroxyl groups is 6. The van der Waals surface area contributed by atoms with Crippen LogP contribution in [-0.4, -0.2) is 128 Å². The molecule has 0 amide bonds. The molecule has 0 radical (unpaired) electrons. The molecular formula is C22H44O10S4. The average Bonchev–Trinajstić information content (AvgIpc) is 2.88. The quantitative estimate of drug-likeness (QED) is 0.0952. The average molecular weight is 597 g/mol. The number of unbranched alkanes of at least 4 members (excludes halogenated alkanes) is 4. The van der Waals surface area contributed by atoms with E-state index in [0.717, 1.165) is 50.0 Å². The standard InChI is InChI=1S/2C11H22O5S2/c2*12-8-7(6-18)16-11(10(14)9(8)13)15-4-2-1-3-5-17/h2*7-14,17-18H,1-6H2/t7?,8-,9-,10?,11+;7?,8-,9-,10?,11-/m00/s1. The maximum atomic E-state index is 9.73. The van der Waals surface area contributed by atoms with Gasteiger partial charge in [0.25, 0.3) is 0 Å². The molecule has 216 valence electrons. The summed E-state index contributed by atoms with van der Waals surface area (Å²) in [6.07, 6.45) is -4.64. The molecule has 0 aromatic rings. The van der Waals surface area contributed by atoms with Crippen molar-refractivity contribution in [1.82, 2.24) is 0 Å². The lowest BCUT2D eigenvalue weighted by atomic mass is 10.00. The van der Waals surface area contributed by atoms with Crippen LogP contribution >= 0.6 is 50.5 Å². The largest absolute Gasteiger partial charge is 0.388 e. The van der Waals surface area contributed by atoms with Crippen molar-refractivity contribution in [2.45, 2.75) is 99.9 Å². The van der Waals surface area contributed by atoms with Crippen LogP contribution in [0.15, 0.2) is 0 Å². The van der Waals surface area contributed by atoms with Gasteiger partial charge in [0.05, 0.1) is 12.2 Å². The van der Waals surface area contributed by atoms with Crippen molar-refractivity contribution in [3.8, 4) is 0 Å². The van der Waals surface area contributed by atoms with Gasteiger partial charge in [-0.2, -0.15) is 50.5 Å². The minimum absolute atomic E-state index is 0.254. The zero-order valence-electron chi connectivity index (χ0n) is 20.4. The molecular weight excluding hydrogens is 553 g/mol. The maximum absolute atomic E-state index is 9.73. The predicted octanol–water partition coefficient (Wildman–Crippen LogP) is -0.319. The van der Waals surface area contributed by atoms with E-state index in [1.807, 2.05) is 0 Å². The zero-order chi connectivity index (χ0) is 27.1. The van der Waals surface area contributed by atoms with Crippen LogP contribution in [0.3, 0.4) is 0 Å². The van der Waals surface area contributed by atoms with Gasteiger partial charge in [0.1, 0.15) is 36.6 Å². The van der Waals surface area contributed by atoms with Gasteiger partial charge in [0.15, 0.2) is 12.6 Å². The SMILES string of the molecule is OC1[C@@H](OCCCCCS)OC(CS)[C@H](O)[C@@H]1O.OC1[C@H](OCCCCCS)OC(CS)[C@H](O)[C@@H]1O. The molecule has 2 saturated heterocycles. The summed E-state index contributed by atoms with van der Waals surface area (Å²) in [6.45, 7) is 0.884. The van der Waals surface area contributed by atoms with Gasteiger partial charge in [-0.1, -0.05) is 12.8 Å². The number of ether oxygens (including phenoxy) is 4. The lowest BCUT2D eigenvalue weighted by Crippen LogP contribution is -2.58. The van der Waals surface area contributed by atoms with Crippen LogP contribution in [0.4, 0.5) is 0 Å². The van der Waals surface area contributed by atoms with E-state index in [-0.39, 0.29) is 11.5 Å². The minimum atomic E-state index is -1.27. The fourth-order valence-electron chi connectivity index (χ4n) is 3.59. The Balaban J connectivity index is 0.000000360. The van der Waals surface area contributed by atoms with Crippen LogP contribution in [0.2, 0.25) is 0 Å². The smallest absolute Gasteiger partial charge is 0.186 e. The van der Waals surface area contributed by atoms with Crippen LogP contribution in [0.1, 0.15) is 38.5 Å². The van der Waals surface area contributed by atoms with E-state index in [1.165, 1.54) is 0 Å². The molecule has 2 heterocycles. The molecule has 0 spiro atoms. The monoisotopic (exact) mass is 596 g/mol. The molecule has 10 atom stereocenters. The Bertz CT molecular complexity index is 505. The molecule has 0 aromatic carbocycles. The van der Waals surface area contributed by atoms with E-state index in [1.54, 1.807) is 0 Å². The first-order valence-corrected chi connectivity index (χ1v) is 14.8. The predicted molar refractivity (Wildman–Crippen MR) is 148 cm³/mol. The first-order valence-electron chi connectivity index (χ1n) is 12.3. The molecule has 0 aromatic heterocycles. The van der Waals surface area contributed by atoms with Crippen molar-refractivity contribution in [2.24, 2.45) is 0 Å². The molecule has 4 unspecified atom stereocenters. The highest BCUT2D eigenvalue weighted by Crippen LogP contribution is 2.24. The summed E-state index contributed by atoms with van der Waals surface area (Å²) in [5.41, 5.74) is 0. The number of hydrogen-bond donors (Lipinski definition) is 10. The van der Waals surface area contributed by atoms with Gasteiger partial charge < -0.3 is 49.6 Å². The molecule has 2 rings (SSSR count). The molecule has 10 nitrogen and oxygen atoms in total. The zero-order valence-corrected chi connectivity index (χ0v) is 23.9. The molecule has 0 aliphatic carbocycles. The number of rotatable bonds is 14. The number of aliphatic hydroxyl groups excluding tert-OH is 6. The highest BCUT2D eigenvalue weighted by molar-refractivity contribution is 7.80. The van der Waals surface area contributed by atoms with Crippen molar-refractivity contribution >= 4 is 50.5 Å². The van der Waals surface area contributed by atoms with Gasteiger partial charge in [0.2, 0.25) is 0 Å². The van der Waals surface area contributed by atoms with E-state index < -0.39 is 61.4 Å². The normalized spacial score (nSPS) is 36.8. The maximum Gasteiger partial charge on any atom is 0.186 e. The van der Waals surface area contributed by atoms with E-state index in [2.05, 4.69) is 50.5 Å². The van der Waals surface area contributed by atoms with Gasteiger partial charge in [-0.3, -0.25) is 0 Å². The lowest BCUT2D eigenvalue weighted by molar-refractivity contribution is -0.292. The molecule has 6 N–H and O–H groups in total. The fraction of sp³-hybridized carbons (Fsp3) is 1.00. The van der Waals surface area contributed by atoms with Crippen molar-refractivity contribution < 1.29 is 49.6 Å². The highest BCUT2D eigenvalue weighted by Gasteiger charge is 2.44. The van der Waals surface area contributed by atoms with E-state index >= 15 is 0 Å². The first-order chi connectivity index (χ1) is 17.2. The Labute approximate surface area is 235 Å². The Morgan fingerprint density at radius 2 is 0.833 bits per heavy atom. The van der Waals surface area contributed by atoms with Crippen LogP contribution in [0, 0.1) is 0 Å². The summed E-state index contributed by atoms with van der Waals surface area (Å²) < 4.78 is 21.5. The molecule has 14 heteroatoms. The van der Waals surface area contributed by atoms with Crippen molar-refractivity contribution in [3.63, 3.8) is 0 Å². The number of hydrogen-bond acceptors (Lipinski definition) is 14. The second-order valence-corrected chi connectivity index (χ2v) is 10.3. The molecule has 2 aliphatic rings. The molecule has 0 saturated carbocycles. The molecule has 0 bridgehead atoms. The fourth-order valence-corrected chi connectivity index (χ4v) is 4.64. The third kappa shape index (κ3) is 11.6. The van der Waals surface area contributed by atoms with Gasteiger partial charge in [-0.15, -0.1) is 0 Å². The highest BCUT2D eigenvalue weighted by atomic mass is 32.1. The van der Waals surface area contributed by atoms with Gasteiger partial charge in [-0.05, 0) is 37.2 Å². The van der Waals surface area contributed by atoms with Gasteiger partial charge in [-0.25, -0.2) is 0 Å². The van der Waals surface area contributed by atoms with Gasteiger partial charge >= 0.3 is 0 Å². The first kappa shape index (κ1) is 35.0. The number of thiol groups is 4. The van der Waals surface area contributed by atoms with E-state index in [0.29, 0.717) is 13.2 Å². The Hall–Kier alpha value is 1.00. The summed E-state index contributed by atoms with van der Waals surface area (Å²) >= 11 is 16.3. The summed E-state index contributed by atoms with van der Waals surface area (Å²) in [7, 11) is 0. The van der Waals surface area contributed by atoms with Gasteiger partial charge in [0, 0.05) is 24.7 Å². The third-order valence-corrected chi connectivity index (χ3v) is 7.22. The third-order valence-electron chi connectivity index (χ3n) is 5.87. The van der Waals surface area contributed by atoms with Crippen LogP contribution in [0.5, 0.6) is 0 Å². The lowest BCUT2D eigenvalue weighted by Gasteiger charge is -2.39. The summed E-state index contributed by atoms with van der Waals surface area (Å²) in [4.78, 5) is 0. The molecule has 36 heavy (non-hydrogen) atoms.